The molecule has 0 bridgehead atoms. The van der Waals surface area contributed by atoms with Gasteiger partial charge in [-0.1, -0.05) is 134 Å². The van der Waals surface area contributed by atoms with Crippen molar-refractivity contribution >= 4 is 16.0 Å². The molecule has 3 unspecified atom stereocenters. The van der Waals surface area contributed by atoms with Gasteiger partial charge in [0.15, 0.2) is 0 Å². The molecule has 0 rings (SSSR count). The first-order chi connectivity index (χ1) is 19.7. The Balaban J connectivity index is 4.17. The molecule has 0 aliphatic carbocycles. The van der Waals surface area contributed by atoms with E-state index in [-0.39, 0.29) is 6.42 Å². The fourth-order valence-corrected chi connectivity index (χ4v) is 5.59. The third-order valence-corrected chi connectivity index (χ3v) is 8.26. The minimum Gasteiger partial charge on any atom is -0.387 e. The number of unbranched alkanes of at least 4 members (excludes halogenated alkanes) is 18. The van der Waals surface area contributed by atoms with Crippen molar-refractivity contribution in [2.45, 2.75) is 173 Å². The van der Waals surface area contributed by atoms with Crippen molar-refractivity contribution in [2.75, 3.05) is 5.75 Å². The minimum absolute atomic E-state index is 0.267. The van der Waals surface area contributed by atoms with Crippen LogP contribution >= 0.6 is 0 Å². The average Bonchev–Trinajstić information content (AvgIpc) is 2.92. The summed E-state index contributed by atoms with van der Waals surface area (Å²) in [5, 5.41) is 23.1. The summed E-state index contributed by atoms with van der Waals surface area (Å²) in [4.78, 5) is 12.5. The Kier molecular flexibility index (Phi) is 26.8. The second-order valence-corrected chi connectivity index (χ2v) is 13.1. The Morgan fingerprint density at radius 3 is 1.54 bits per heavy atom. The average molecular weight is 602 g/mol. The van der Waals surface area contributed by atoms with Crippen molar-refractivity contribution in [3.8, 4) is 0 Å². The molecular weight excluding hydrogens is 538 g/mol. The van der Waals surface area contributed by atoms with E-state index in [1.807, 2.05) is 0 Å². The molecule has 0 aromatic carbocycles. The first kappa shape index (κ1) is 39.8. The number of allylic oxidation sites excluding steroid dienone is 3. The number of carbonyl (C=O) groups excluding carboxylic acids is 1. The van der Waals surface area contributed by atoms with Crippen LogP contribution in [0.25, 0.3) is 0 Å². The Labute approximate surface area is 252 Å². The van der Waals surface area contributed by atoms with Crippen LogP contribution in [0.1, 0.15) is 155 Å². The van der Waals surface area contributed by atoms with Gasteiger partial charge in [0.25, 0.3) is 10.1 Å². The Hall–Kier alpha value is -1.22. The number of nitrogens with one attached hydrogen (secondary N) is 1. The third kappa shape index (κ3) is 27.4. The van der Waals surface area contributed by atoms with Crippen LogP contribution in [-0.2, 0) is 14.9 Å². The van der Waals surface area contributed by atoms with Crippen LogP contribution in [0.5, 0.6) is 0 Å². The summed E-state index contributed by atoms with van der Waals surface area (Å²) in [5.41, 5.74) is 0. The Morgan fingerprint density at radius 2 is 1.07 bits per heavy atom. The molecule has 0 aliphatic heterocycles. The van der Waals surface area contributed by atoms with Gasteiger partial charge in [0.05, 0.1) is 17.9 Å². The number of hydrogen-bond donors (Lipinski definition) is 4. The Bertz CT molecular complexity index is 768. The number of aliphatic hydroxyl groups is 2. The van der Waals surface area contributed by atoms with E-state index in [0.717, 1.165) is 51.4 Å². The smallest absolute Gasteiger partial charge is 0.267 e. The van der Waals surface area contributed by atoms with E-state index >= 15 is 0 Å². The maximum Gasteiger partial charge on any atom is 0.267 e. The van der Waals surface area contributed by atoms with Gasteiger partial charge < -0.3 is 15.5 Å². The molecule has 0 saturated heterocycles. The van der Waals surface area contributed by atoms with Crippen molar-refractivity contribution in [1.82, 2.24) is 5.32 Å². The van der Waals surface area contributed by atoms with Gasteiger partial charge in [-0.15, -0.1) is 0 Å². The first-order valence-corrected chi connectivity index (χ1v) is 18.3. The van der Waals surface area contributed by atoms with Crippen LogP contribution in [-0.4, -0.2) is 53.1 Å². The topological polar surface area (TPSA) is 124 Å². The second-order valence-electron chi connectivity index (χ2n) is 11.6. The van der Waals surface area contributed by atoms with Crippen molar-refractivity contribution in [1.29, 1.82) is 0 Å². The largest absolute Gasteiger partial charge is 0.387 e. The first-order valence-electron chi connectivity index (χ1n) is 16.6. The van der Waals surface area contributed by atoms with Crippen LogP contribution < -0.4 is 5.32 Å². The summed E-state index contributed by atoms with van der Waals surface area (Å²) in [6, 6.07) is -1.23. The summed E-state index contributed by atoms with van der Waals surface area (Å²) >= 11 is 0. The molecule has 0 spiro atoms. The zero-order valence-corrected chi connectivity index (χ0v) is 27.1. The van der Waals surface area contributed by atoms with E-state index in [0.29, 0.717) is 6.42 Å². The lowest BCUT2D eigenvalue weighted by atomic mass is 10.1. The fourth-order valence-electron chi connectivity index (χ4n) is 4.86. The highest BCUT2D eigenvalue weighted by Crippen LogP contribution is 2.12. The molecule has 3 atom stereocenters. The molecule has 0 radical (unpaired) electrons. The summed E-state index contributed by atoms with van der Waals surface area (Å²) in [6.45, 7) is 4.43. The number of amides is 1. The highest BCUT2D eigenvalue weighted by atomic mass is 32.2. The number of carbonyl (C=O) groups is 1. The molecule has 242 valence electrons. The number of hydrogen-bond acceptors (Lipinski definition) is 5. The van der Waals surface area contributed by atoms with Crippen molar-refractivity contribution in [3.05, 3.63) is 24.3 Å². The van der Waals surface area contributed by atoms with Crippen LogP contribution in [0.15, 0.2) is 24.3 Å². The van der Waals surface area contributed by atoms with E-state index in [2.05, 4.69) is 31.3 Å². The molecule has 0 aliphatic rings. The van der Waals surface area contributed by atoms with Gasteiger partial charge in [-0.3, -0.25) is 9.35 Å². The van der Waals surface area contributed by atoms with E-state index in [1.54, 1.807) is 6.08 Å². The van der Waals surface area contributed by atoms with E-state index in [1.165, 1.54) is 83.1 Å². The normalized spacial score (nSPS) is 14.6. The molecular formula is C33H63NO6S. The number of aliphatic hydroxyl groups excluding tert-OH is 2. The van der Waals surface area contributed by atoms with Crippen LogP contribution in [0.4, 0.5) is 0 Å². The van der Waals surface area contributed by atoms with Crippen molar-refractivity contribution < 1.29 is 28.0 Å². The quantitative estimate of drug-likeness (QED) is 0.0394. The SMILES string of the molecule is CCCCCCCCC/C=C\CCCCCCC(O)C(=O)NC(CS(=O)(=O)O)C(O)/C=C/CCCCCCCCC. The molecule has 4 N–H and O–H groups in total. The van der Waals surface area contributed by atoms with E-state index in [4.69, 9.17) is 0 Å². The zero-order chi connectivity index (χ0) is 30.6. The van der Waals surface area contributed by atoms with Gasteiger partial charge in [-0.25, -0.2) is 0 Å². The molecule has 0 fully saturated rings. The summed E-state index contributed by atoms with van der Waals surface area (Å²) < 4.78 is 32.2. The van der Waals surface area contributed by atoms with Crippen LogP contribution in [0.3, 0.4) is 0 Å². The Morgan fingerprint density at radius 1 is 0.659 bits per heavy atom. The van der Waals surface area contributed by atoms with Gasteiger partial charge >= 0.3 is 0 Å². The van der Waals surface area contributed by atoms with Crippen LogP contribution in [0.2, 0.25) is 0 Å². The predicted molar refractivity (Wildman–Crippen MR) is 172 cm³/mol. The van der Waals surface area contributed by atoms with Gasteiger partial charge in [-0.05, 0) is 44.9 Å². The number of rotatable bonds is 29. The van der Waals surface area contributed by atoms with Crippen molar-refractivity contribution in [2.24, 2.45) is 0 Å². The highest BCUT2D eigenvalue weighted by molar-refractivity contribution is 7.85. The minimum atomic E-state index is -4.43. The second kappa shape index (κ2) is 27.6. The van der Waals surface area contributed by atoms with E-state index in [9.17, 15) is 28.0 Å². The lowest BCUT2D eigenvalue weighted by Gasteiger charge is -2.22. The third-order valence-electron chi connectivity index (χ3n) is 7.48. The monoisotopic (exact) mass is 601 g/mol. The standard InChI is InChI=1S/C33H63NO6S/c1-3-5-7-9-11-13-14-15-16-17-18-20-22-24-26-28-32(36)33(37)34-30(29-41(38,39)40)31(35)27-25-23-21-19-12-10-8-6-4-2/h16-17,25,27,30-32,35-36H,3-15,18-24,26,28-29H2,1-2H3,(H,34,37)(H,38,39,40)/b17-16-,27-25+. The zero-order valence-electron chi connectivity index (χ0n) is 26.3. The van der Waals surface area contributed by atoms with Gasteiger partial charge in [-0.2, -0.15) is 8.42 Å². The lowest BCUT2D eigenvalue weighted by Crippen LogP contribution is -2.50. The molecule has 8 heteroatoms. The summed E-state index contributed by atoms with van der Waals surface area (Å²) in [7, 11) is -4.43. The van der Waals surface area contributed by atoms with Gasteiger partial charge in [0.1, 0.15) is 6.10 Å². The summed E-state index contributed by atoms with van der Waals surface area (Å²) in [5.74, 6) is -1.55. The maximum atomic E-state index is 12.5. The predicted octanol–water partition coefficient (Wildman–Crippen LogP) is 7.82. The lowest BCUT2D eigenvalue weighted by molar-refractivity contribution is -0.130. The molecule has 0 saturated carbocycles. The summed E-state index contributed by atoms with van der Waals surface area (Å²) in [6.07, 6.45) is 29.6. The van der Waals surface area contributed by atoms with E-state index < -0.39 is 40.0 Å². The fraction of sp³-hybridized carbons (Fsp3) is 0.848. The van der Waals surface area contributed by atoms with Gasteiger partial charge in [0.2, 0.25) is 5.91 Å². The molecule has 41 heavy (non-hydrogen) atoms. The molecule has 1 amide bonds. The molecule has 0 heterocycles. The van der Waals surface area contributed by atoms with Crippen molar-refractivity contribution in [3.63, 3.8) is 0 Å². The molecule has 7 nitrogen and oxygen atoms in total. The highest BCUT2D eigenvalue weighted by Gasteiger charge is 2.27. The molecule has 0 aromatic rings. The molecule has 0 aromatic heterocycles. The van der Waals surface area contributed by atoms with Gasteiger partial charge in [0, 0.05) is 0 Å². The maximum absolute atomic E-state index is 12.5. The van der Waals surface area contributed by atoms with Crippen LogP contribution in [0, 0.1) is 0 Å².